The molecule has 1 saturated heterocycles. The van der Waals surface area contributed by atoms with Gasteiger partial charge in [0, 0.05) is 44.3 Å². The van der Waals surface area contributed by atoms with Gasteiger partial charge in [0.05, 0.1) is 30.7 Å². The molecule has 2 heterocycles. The largest absolute Gasteiger partial charge is 0.481 e. The number of primary amides is 1. The number of guanidine groups is 2. The van der Waals surface area contributed by atoms with Crippen LogP contribution in [0.2, 0.25) is 0 Å². The Labute approximate surface area is 667 Å². The number of nitrogens with one attached hydrogen (secondary N) is 18. The molecule has 0 unspecified atom stereocenters. The summed E-state index contributed by atoms with van der Waals surface area (Å²) in [4.78, 5) is 222. The molecule has 25 N–H and O–H groups in total. The van der Waals surface area contributed by atoms with Crippen molar-refractivity contribution in [2.75, 3.05) is 31.1 Å². The molecule has 4 rings (SSSR count). The van der Waals surface area contributed by atoms with E-state index in [1.54, 1.807) is 130 Å². The highest BCUT2D eigenvalue weighted by Crippen LogP contribution is 2.18. The molecule has 0 saturated carbocycles. The highest BCUT2D eigenvalue weighted by molar-refractivity contribution is 8.00. The summed E-state index contributed by atoms with van der Waals surface area (Å²) in [7, 11) is 0. The Balaban J connectivity index is 1.95. The number of nitrogens with zero attached hydrogens (tertiary/aromatic N) is 1. The normalized spacial score (nSPS) is 23.7. The predicted molar refractivity (Wildman–Crippen MR) is 424 cm³/mol. The number of imidazole rings is 1. The van der Waals surface area contributed by atoms with Gasteiger partial charge in [-0.2, -0.15) is 0 Å². The number of carboxylic acids is 1. The van der Waals surface area contributed by atoms with Crippen LogP contribution in [-0.4, -0.2) is 219 Å². The van der Waals surface area contributed by atoms with E-state index in [9.17, 15) is 77.0 Å². The van der Waals surface area contributed by atoms with Crippen LogP contribution in [0.25, 0.3) is 0 Å². The number of aromatic amines is 1. The maximum absolute atomic E-state index is 15.0. The molecule has 3 aromatic rings. The van der Waals surface area contributed by atoms with Gasteiger partial charge in [-0.15, -0.1) is 11.8 Å². The third kappa shape index (κ3) is 33.5. The number of carboxylic acid groups (broad SMARTS) is 1. The summed E-state index contributed by atoms with van der Waals surface area (Å²) in [6.07, 6.45) is 0.950. The molecule has 14 amide bonds. The number of benzene rings is 2. The van der Waals surface area contributed by atoms with Gasteiger partial charge in [-0.25, -0.2) is 4.98 Å². The van der Waals surface area contributed by atoms with Crippen LogP contribution >= 0.6 is 11.8 Å². The van der Waals surface area contributed by atoms with E-state index >= 15 is 0 Å². The number of carbonyl (C=O) groups is 15. The van der Waals surface area contributed by atoms with Crippen LogP contribution in [-0.2, 0) is 91.2 Å². The molecule has 14 atom stereocenters. The minimum atomic E-state index is -2.00. The monoisotopic (exact) mass is 1610 g/mol. The van der Waals surface area contributed by atoms with E-state index in [0.717, 1.165) is 11.8 Å². The fourth-order valence-electron chi connectivity index (χ4n) is 12.0. The highest BCUT2D eigenvalue weighted by Gasteiger charge is 2.40. The van der Waals surface area contributed by atoms with Gasteiger partial charge in [0.15, 0.2) is 11.9 Å². The van der Waals surface area contributed by atoms with E-state index < -0.39 is 221 Å². The maximum Gasteiger partial charge on any atom is 0.305 e. The molecule has 628 valence electrons. The van der Waals surface area contributed by atoms with Gasteiger partial charge in [-0.3, -0.25) is 82.7 Å². The second-order valence-corrected chi connectivity index (χ2v) is 30.3. The summed E-state index contributed by atoms with van der Waals surface area (Å²) in [6.45, 7) is 16.0. The fraction of sp³-hybridized carbons (Fsp3) is 0.573. The Morgan fingerprint density at radius 1 is 0.491 bits per heavy atom. The Morgan fingerprint density at radius 2 is 0.877 bits per heavy atom. The first kappa shape index (κ1) is 95.0. The van der Waals surface area contributed by atoms with Gasteiger partial charge >= 0.3 is 5.97 Å². The summed E-state index contributed by atoms with van der Waals surface area (Å²) in [5, 5.41) is 65.1. The number of amides is 14. The second kappa shape index (κ2) is 48.5. The minimum absolute atomic E-state index is 0.00892. The van der Waals surface area contributed by atoms with Crippen molar-refractivity contribution in [3.8, 4) is 0 Å². The number of hydrogen-bond acceptors (Lipinski definition) is 19. The van der Waals surface area contributed by atoms with Crippen LogP contribution in [0.5, 0.6) is 0 Å². The topological polar surface area (TPSA) is 611 Å². The Bertz CT molecular complexity index is 3760. The average molecular weight is 1610 g/mol. The number of nitrogens with two attached hydrogens (primary N) is 3. The van der Waals surface area contributed by atoms with Crippen molar-refractivity contribution in [2.24, 2.45) is 46.8 Å². The SMILES string of the molecule is CC[C@H](C)[C@@H]1NC(=O)[C@H](CC(C)C)NC(=O)[C@H](Cc2ccccc2)NC(=O)CSC[C@@H](C(=O)NCC(N)=O)NC(=O)[C@H](CCCNC(=N)N)NC(=O)[C@H](Cc2ccccc2)NC(=O)[C@H](C(C)C)NC(=O)[C@H](CCCNC(=N)N)NC(=O)[C@H](CC(=O)O)NC(=O)[C@H](Cc2c[nH]cn2)NC(=O)[C@H]([C@@H](C)CC)NC(=O)[C@H](C(C)C)NC1=O. The molecular formula is C75H116N22O16S. The van der Waals surface area contributed by atoms with Crippen LogP contribution in [0.4, 0.5) is 0 Å². The van der Waals surface area contributed by atoms with E-state index in [4.69, 9.17) is 28.0 Å². The molecule has 1 aliphatic rings. The van der Waals surface area contributed by atoms with Gasteiger partial charge in [0.25, 0.3) is 0 Å². The molecule has 0 radical (unpaired) electrons. The Morgan fingerprint density at radius 3 is 1.32 bits per heavy atom. The van der Waals surface area contributed by atoms with Gasteiger partial charge in [-0.05, 0) is 72.8 Å². The number of aliphatic carboxylic acids is 1. The van der Waals surface area contributed by atoms with Crippen molar-refractivity contribution in [3.05, 3.63) is 90.0 Å². The lowest BCUT2D eigenvalue weighted by Gasteiger charge is -2.32. The molecule has 0 spiro atoms. The molecule has 114 heavy (non-hydrogen) atoms. The van der Waals surface area contributed by atoms with E-state index in [1.165, 1.54) is 12.5 Å². The van der Waals surface area contributed by atoms with E-state index in [0.29, 0.717) is 17.5 Å². The maximum atomic E-state index is 15.0. The predicted octanol–water partition coefficient (Wildman–Crippen LogP) is -2.94. The second-order valence-electron chi connectivity index (χ2n) is 29.3. The van der Waals surface area contributed by atoms with Gasteiger partial charge in [0.1, 0.15) is 72.5 Å². The zero-order valence-electron chi connectivity index (χ0n) is 66.2. The smallest absolute Gasteiger partial charge is 0.305 e. The standard InChI is InChI=1S/C75H116N22O16S/c1-11-42(9)60-72(112)92-52(32-46-34-81-38-85-46)67(107)90-53(33-57(100)101)68(108)88-48(26-20-28-83-75(79)80)64(104)94-58(40(5)6)70(110)91-51(31-45-23-17-14-18-24-45)66(106)87-47(25-19-27-82-74(77)78)63(103)93-54(62(102)84-35-55(76)98)36-114-37-56(99)86-50(30-44-21-15-13-16-22-44)65(105)89-49(29-39(3)4)69(109)96-61(43(10)12-2)73(113)95-59(41(7)8)71(111)97-60/h13-18,21-24,34,38-43,47-54,58-61H,11-12,19-20,25-33,35-37H2,1-10H3,(H2,76,98)(H,81,85)(H,84,102)(H,86,99)(H,87,106)(H,88,108)(H,89,105)(H,90,107)(H,91,110)(H,92,112)(H,93,103)(H,94,104)(H,95,113)(H,96,109)(H,97,111)(H,100,101)(H4,77,78,82)(H4,79,80,83)/t42-,43-,47-,48-,49-,50-,51-,52-,53-,54-,58-,59-,60-,61-/m0/s1. The van der Waals surface area contributed by atoms with E-state index in [-0.39, 0.29) is 82.5 Å². The van der Waals surface area contributed by atoms with Gasteiger partial charge in [0.2, 0.25) is 82.7 Å². The first-order valence-corrected chi connectivity index (χ1v) is 39.3. The molecular weight excluding hydrogens is 1500 g/mol. The first-order chi connectivity index (χ1) is 53.9. The first-order valence-electron chi connectivity index (χ1n) is 38.1. The molecule has 1 aromatic heterocycles. The minimum Gasteiger partial charge on any atom is -0.481 e. The van der Waals surface area contributed by atoms with Gasteiger partial charge in [-0.1, -0.05) is 143 Å². The van der Waals surface area contributed by atoms with Crippen molar-refractivity contribution < 1.29 is 77.0 Å². The molecule has 0 bridgehead atoms. The lowest BCUT2D eigenvalue weighted by molar-refractivity contribution is -0.142. The van der Waals surface area contributed by atoms with Crippen molar-refractivity contribution in [1.82, 2.24) is 89.7 Å². The zero-order valence-corrected chi connectivity index (χ0v) is 67.0. The number of hydrogen-bond donors (Lipinski definition) is 22. The highest BCUT2D eigenvalue weighted by atomic mass is 32.2. The van der Waals surface area contributed by atoms with Crippen LogP contribution in [0, 0.1) is 40.4 Å². The van der Waals surface area contributed by atoms with Crippen molar-refractivity contribution in [1.29, 1.82) is 10.8 Å². The summed E-state index contributed by atoms with van der Waals surface area (Å²) < 4.78 is 0. The Hall–Kier alpha value is -11.4. The van der Waals surface area contributed by atoms with Crippen LogP contribution in [0.15, 0.2) is 73.2 Å². The number of aromatic nitrogens is 2. The van der Waals surface area contributed by atoms with Gasteiger partial charge < -0.3 is 107 Å². The molecule has 0 aliphatic carbocycles. The zero-order chi connectivity index (χ0) is 84.9. The van der Waals surface area contributed by atoms with Crippen molar-refractivity contribution in [2.45, 2.75) is 212 Å². The Kier molecular flexibility index (Phi) is 40.4. The summed E-state index contributed by atoms with van der Waals surface area (Å²) in [5.41, 5.74) is 17.8. The quantitative estimate of drug-likeness (QED) is 0.0206. The molecule has 39 heteroatoms. The summed E-state index contributed by atoms with van der Waals surface area (Å²) in [5.74, 6) is -19.6. The molecule has 1 aliphatic heterocycles. The fourth-order valence-corrected chi connectivity index (χ4v) is 12.8. The molecule has 38 nitrogen and oxygen atoms in total. The van der Waals surface area contributed by atoms with Crippen molar-refractivity contribution >= 4 is 112 Å². The lowest BCUT2D eigenvalue weighted by atomic mass is 9.94. The molecule has 1 fully saturated rings. The average Bonchev–Trinajstić information content (AvgIpc) is 0.963. The van der Waals surface area contributed by atoms with Crippen LogP contribution < -0.4 is 97.0 Å². The third-order valence-electron chi connectivity index (χ3n) is 18.7. The van der Waals surface area contributed by atoms with Crippen molar-refractivity contribution in [3.63, 3.8) is 0 Å². The van der Waals surface area contributed by atoms with Crippen LogP contribution in [0.1, 0.15) is 137 Å². The summed E-state index contributed by atoms with van der Waals surface area (Å²) >= 11 is 0.812. The third-order valence-corrected chi connectivity index (χ3v) is 19.7. The summed E-state index contributed by atoms with van der Waals surface area (Å²) in [6, 6.07) is -1.58. The number of thioether (sulfide) groups is 1. The van der Waals surface area contributed by atoms with E-state index in [1.807, 2.05) is 0 Å². The van der Waals surface area contributed by atoms with Crippen LogP contribution in [0.3, 0.4) is 0 Å². The number of H-pyrrole nitrogens is 1. The number of rotatable bonds is 27. The lowest BCUT2D eigenvalue weighted by Crippen LogP contribution is -2.63. The van der Waals surface area contributed by atoms with E-state index in [2.05, 4.69) is 89.7 Å². The molecule has 2 aromatic carbocycles. The number of carbonyl (C=O) groups excluding carboxylic acids is 14.